The van der Waals surface area contributed by atoms with Crippen molar-refractivity contribution >= 4 is 113 Å². The summed E-state index contributed by atoms with van der Waals surface area (Å²) in [7, 11) is 9.85. The highest BCUT2D eigenvalue weighted by Gasteiger charge is 2.25. The highest BCUT2D eigenvalue weighted by atomic mass is 127. The fourth-order valence-electron chi connectivity index (χ4n) is 16.2. The number of carbonyl (C=O) groups is 9. The number of esters is 1. The van der Waals surface area contributed by atoms with E-state index in [4.69, 9.17) is 46.1 Å². The molecule has 0 amide bonds. The summed E-state index contributed by atoms with van der Waals surface area (Å²) in [6, 6.07) is 7.59. The Morgan fingerprint density at radius 2 is 0.434 bits per heavy atom. The first-order valence-electron chi connectivity index (χ1n) is 57.3. The molecule has 0 saturated heterocycles. The summed E-state index contributed by atoms with van der Waals surface area (Å²) >= 11 is 0. The number of hydrogen-bond acceptors (Lipinski definition) is 19. The molecule has 0 heterocycles. The van der Waals surface area contributed by atoms with E-state index in [1.54, 1.807) is 6.92 Å². The fraction of sp³-hybridized carbons (Fsp3) is 0.920. The van der Waals surface area contributed by atoms with E-state index in [1.807, 2.05) is 42.7 Å². The Balaban J connectivity index is -0.000000310. The maximum Gasteiger partial charge on any atom is 0.306 e. The SMILES string of the molecule is CCOC(=O)CCC(=O)CCCCCCCCCC[Si](C)(C)OC.CO[Si](C)(C)CCCCCCCCCCC(=O)CCC(=O)O.CO[Si](C)(C)CCCCCCCCCCC(=O)CCCC(=O)O.CO[Si](C)(C)CCCCCCCCCCC(=O)CCCCN(C)C.CO[Si](C)(C)CCCCCCCCCCC(=O)CCCC[N+](C)(C)C.CO[Si](C)(C)CCCCCCCCCCC(=O)CCCS(=O)(=O)O.[I-]. The van der Waals surface area contributed by atoms with E-state index in [1.165, 1.54) is 287 Å². The van der Waals surface area contributed by atoms with Crippen LogP contribution in [0.4, 0.5) is 0 Å². The zero-order valence-electron chi connectivity index (χ0n) is 97.7. The van der Waals surface area contributed by atoms with Gasteiger partial charge in [-0.05, 0) is 219 Å². The molecule has 143 heavy (non-hydrogen) atoms. The lowest BCUT2D eigenvalue weighted by Gasteiger charge is -2.23. The van der Waals surface area contributed by atoms with Crippen molar-refractivity contribution < 1.29 is 126 Å². The Labute approximate surface area is 905 Å². The van der Waals surface area contributed by atoms with Gasteiger partial charge in [0.15, 0.2) is 49.9 Å². The second kappa shape index (κ2) is 103. The van der Waals surface area contributed by atoms with Crippen molar-refractivity contribution in [3.63, 3.8) is 0 Å². The van der Waals surface area contributed by atoms with Gasteiger partial charge >= 0.3 is 17.9 Å². The minimum absolute atomic E-state index is 0. The lowest BCUT2D eigenvalue weighted by molar-refractivity contribution is -0.870. The van der Waals surface area contributed by atoms with E-state index in [0.717, 1.165) is 127 Å². The number of rotatable bonds is 97. The van der Waals surface area contributed by atoms with Crippen LogP contribution in [-0.2, 0) is 84.6 Å². The molecule has 23 nitrogen and oxygen atoms in total. The van der Waals surface area contributed by atoms with E-state index < -0.39 is 72.0 Å². The van der Waals surface area contributed by atoms with Crippen LogP contribution >= 0.6 is 0 Å². The van der Waals surface area contributed by atoms with Crippen LogP contribution in [0.25, 0.3) is 0 Å². The van der Waals surface area contributed by atoms with Crippen LogP contribution in [0.3, 0.4) is 0 Å². The zero-order chi connectivity index (χ0) is 109. The third-order valence-corrected chi connectivity index (χ3v) is 44.1. The molecule has 854 valence electrons. The number of carbonyl (C=O) groups excluding carboxylic acids is 7. The lowest BCUT2D eigenvalue weighted by atomic mass is 10.0. The predicted octanol–water partition coefficient (Wildman–Crippen LogP) is 28.3. The van der Waals surface area contributed by atoms with Crippen molar-refractivity contribution in [1.82, 2.24) is 4.90 Å². The van der Waals surface area contributed by atoms with Crippen molar-refractivity contribution in [2.24, 2.45) is 0 Å². The average Bonchev–Trinajstić information content (AvgIpc) is 0.963. The average molecular weight is 2270 g/mol. The number of halogens is 1. The number of carboxylic acids is 2. The van der Waals surface area contributed by atoms with Crippen LogP contribution in [0, 0.1) is 0 Å². The zero-order valence-corrected chi connectivity index (χ0v) is 107. The van der Waals surface area contributed by atoms with Crippen molar-refractivity contribution in [2.75, 3.05) is 103 Å². The molecule has 0 aromatic rings. The molecule has 0 unspecified atom stereocenters. The fourth-order valence-corrected chi connectivity index (χ4v) is 24.6. The second-order valence-electron chi connectivity index (χ2n) is 45.6. The second-order valence-corrected chi connectivity index (χ2v) is 73.7. The van der Waals surface area contributed by atoms with Gasteiger partial charge in [-0.3, -0.25) is 47.7 Å². The molecule has 0 aliphatic rings. The lowest BCUT2D eigenvalue weighted by Crippen LogP contribution is -3.00. The van der Waals surface area contributed by atoms with Gasteiger partial charge in [0.1, 0.15) is 34.7 Å². The number of ketones is 6. The molecule has 0 fully saturated rings. The first-order chi connectivity index (χ1) is 66.8. The van der Waals surface area contributed by atoms with Gasteiger partial charge < -0.3 is 74.9 Å². The maximum atomic E-state index is 11.9. The number of carboxylic acid groups (broad SMARTS) is 2. The van der Waals surface area contributed by atoms with Crippen molar-refractivity contribution in [2.45, 2.75) is 565 Å². The van der Waals surface area contributed by atoms with E-state index in [0.29, 0.717) is 63.1 Å². The Morgan fingerprint density at radius 1 is 0.252 bits per heavy atom. The molecule has 0 radical (unpaired) electrons. The van der Waals surface area contributed by atoms with E-state index in [2.05, 4.69) is 119 Å². The molecule has 0 saturated carbocycles. The van der Waals surface area contributed by atoms with Crippen LogP contribution in [0.5, 0.6) is 0 Å². The molecule has 0 aliphatic carbocycles. The quantitative estimate of drug-likeness (QED) is 0.0127. The van der Waals surface area contributed by atoms with Gasteiger partial charge in [0, 0.05) is 126 Å². The molecule has 0 aromatic heterocycles. The summed E-state index contributed by atoms with van der Waals surface area (Å²) in [5.41, 5.74) is 0. The number of hydrogen-bond donors (Lipinski definition) is 3. The van der Waals surface area contributed by atoms with Crippen molar-refractivity contribution in [3.05, 3.63) is 0 Å². The molecule has 0 atom stereocenters. The Bertz CT molecular complexity index is 3110. The van der Waals surface area contributed by atoms with Crippen LogP contribution in [0.1, 0.15) is 450 Å². The van der Waals surface area contributed by atoms with Gasteiger partial charge in [-0.15, -0.1) is 0 Å². The number of Topliss-reactive ketones (excluding diaryl/α,β-unsaturated/α-hetero) is 6. The highest BCUT2D eigenvalue weighted by Crippen LogP contribution is 2.26. The van der Waals surface area contributed by atoms with Gasteiger partial charge in [0.05, 0.1) is 52.9 Å². The van der Waals surface area contributed by atoms with Crippen LogP contribution in [-0.4, -0.2) is 238 Å². The van der Waals surface area contributed by atoms with Crippen LogP contribution in [0.2, 0.25) is 115 Å². The summed E-state index contributed by atoms with van der Waals surface area (Å²) in [6.07, 6.45) is 71.4. The van der Waals surface area contributed by atoms with E-state index >= 15 is 0 Å². The summed E-state index contributed by atoms with van der Waals surface area (Å²) in [5.74, 6) is -0.730. The minimum atomic E-state index is -3.93. The minimum Gasteiger partial charge on any atom is -1.00 e. The van der Waals surface area contributed by atoms with Gasteiger partial charge in [0.25, 0.3) is 10.1 Å². The number of unbranched alkanes of at least 4 members (excludes halogenated alkanes) is 44. The summed E-state index contributed by atoms with van der Waals surface area (Å²) in [5, 5.41) is 17.0. The molecule has 0 aliphatic heterocycles. The molecular formula is C112H233IN2O21SSi6. The third kappa shape index (κ3) is 134. The number of aliphatic carboxylic acids is 2. The molecular weight excluding hydrogens is 2040 g/mol. The number of ether oxygens (including phenoxy) is 1. The predicted molar refractivity (Wildman–Crippen MR) is 614 cm³/mol. The van der Waals surface area contributed by atoms with Crippen LogP contribution < -0.4 is 24.0 Å². The Kier molecular flexibility index (Phi) is 111. The summed E-state index contributed by atoms with van der Waals surface area (Å²) in [6.45, 7) is 31.8. The highest BCUT2D eigenvalue weighted by molar-refractivity contribution is 7.85. The van der Waals surface area contributed by atoms with Gasteiger partial charge in [-0.2, -0.15) is 8.42 Å². The standard InChI is InChI=1S/C21H46NO2Si.C20H43NO2Si.C19H38O4Si.C18H36O4Si.C17H36O5SSi.C17H34O4Si.HI/c1-22(2,3)19-15-14-18-21(23)17-13-11-9-7-8-10-12-16-20-25(5,6)24-4;1-21(2)18-14-13-17-20(22)16-12-10-8-6-7-9-11-15-19-24(4,5)23-3;1-5-23-19(21)16-15-18(20)14-12-10-8-6-7-9-11-13-17-24(3,4)22-2;1-22-23(2,3)16-11-9-7-5-4-6-8-10-13-17(19)14-12-15-18(20)21;1-22-24(2,3)16-11-9-7-5-4-6-8-10-13-17(18)14-12-15-23(19,20)21;1-21-22(2,3)15-11-9-7-5-4-6-8-10-12-16(18)13-14-17(19)20;/h7-20H2,1-6H3;6-19H2,1-5H3;5-17H2,1-4H3;4-16H2,1-3H3,(H,20,21);4-16H2,1-3H3,(H,19,20,21);4-15H2,1-3H3,(H,19,20);1H/q+1;;;;;;/p-1. The summed E-state index contributed by atoms with van der Waals surface area (Å²) in [4.78, 5) is 104. The molecule has 0 rings (SSSR count). The Hall–Kier alpha value is -1.95. The van der Waals surface area contributed by atoms with Crippen molar-refractivity contribution in [3.8, 4) is 0 Å². The van der Waals surface area contributed by atoms with Gasteiger partial charge in [-0.25, -0.2) is 0 Å². The van der Waals surface area contributed by atoms with E-state index in [-0.39, 0.29) is 97.4 Å². The van der Waals surface area contributed by atoms with Gasteiger partial charge in [-0.1, -0.05) is 270 Å². The normalized spacial score (nSPS) is 11.9. The van der Waals surface area contributed by atoms with Gasteiger partial charge in [0.2, 0.25) is 0 Å². The number of quaternary nitrogens is 1. The van der Waals surface area contributed by atoms with Crippen molar-refractivity contribution in [1.29, 1.82) is 0 Å². The molecule has 31 heteroatoms. The van der Waals surface area contributed by atoms with Crippen LogP contribution in [0.15, 0.2) is 0 Å². The Morgan fingerprint density at radius 3 is 0.629 bits per heavy atom. The third-order valence-electron chi connectivity index (χ3n) is 27.3. The molecule has 0 aromatic carbocycles. The molecule has 0 bridgehead atoms. The monoisotopic (exact) mass is 2270 g/mol. The number of nitrogens with zero attached hydrogens (tertiary/aromatic N) is 2. The first kappa shape index (κ1) is 154. The largest absolute Gasteiger partial charge is 1.00 e. The van der Waals surface area contributed by atoms with E-state index in [9.17, 15) is 51.6 Å². The maximum absolute atomic E-state index is 11.9. The molecule has 3 N–H and O–H groups in total. The summed E-state index contributed by atoms with van der Waals surface area (Å²) < 4.78 is 68.8. The topological polar surface area (TPSA) is 316 Å². The molecule has 0 spiro atoms. The smallest absolute Gasteiger partial charge is 0.306 e. The first-order valence-corrected chi connectivity index (χ1v) is 77.6.